The van der Waals surface area contributed by atoms with Crippen molar-refractivity contribution in [1.29, 1.82) is 0 Å². The van der Waals surface area contributed by atoms with E-state index in [4.69, 9.17) is 0 Å². The highest BCUT2D eigenvalue weighted by molar-refractivity contribution is 14.0. The van der Waals surface area contributed by atoms with Gasteiger partial charge in [0.1, 0.15) is 0 Å². The van der Waals surface area contributed by atoms with Gasteiger partial charge in [0.15, 0.2) is 23.4 Å². The van der Waals surface area contributed by atoms with Gasteiger partial charge in [-0.25, -0.2) is 13.2 Å². The van der Waals surface area contributed by atoms with E-state index in [1.165, 1.54) is 7.05 Å². The summed E-state index contributed by atoms with van der Waals surface area (Å²) in [5.41, 5.74) is -0.868. The number of carbonyl (C=O) groups is 2. The molecule has 0 aliphatic carbocycles. The number of hydrogen-bond donors (Lipinski definition) is 4. The second kappa shape index (κ2) is 10.9. The van der Waals surface area contributed by atoms with Crippen molar-refractivity contribution in [2.24, 2.45) is 4.99 Å². The number of hydrogen-bond acceptors (Lipinski definition) is 3. The summed E-state index contributed by atoms with van der Waals surface area (Å²) < 4.78 is 39.5. The Morgan fingerprint density at radius 3 is 2.07 bits per heavy atom. The summed E-state index contributed by atoms with van der Waals surface area (Å²) in [4.78, 5) is 27.3. The van der Waals surface area contributed by atoms with Gasteiger partial charge in [0.25, 0.3) is 0 Å². The molecule has 0 unspecified atom stereocenters. The fourth-order valence-electron chi connectivity index (χ4n) is 1.83. The molecule has 1 rings (SSSR count). The van der Waals surface area contributed by atoms with Crippen LogP contribution in [-0.2, 0) is 9.59 Å². The Balaban J connectivity index is 0.00000676. The molecular formula is C16H23F3IN5O2. The lowest BCUT2D eigenvalue weighted by Gasteiger charge is -2.21. The minimum absolute atomic E-state index is 0. The third-order valence-corrected chi connectivity index (χ3v) is 2.88. The molecule has 152 valence electrons. The van der Waals surface area contributed by atoms with E-state index >= 15 is 0 Å². The molecule has 27 heavy (non-hydrogen) atoms. The Morgan fingerprint density at radius 2 is 1.56 bits per heavy atom. The maximum Gasteiger partial charge on any atom is 0.243 e. The largest absolute Gasteiger partial charge is 0.350 e. The van der Waals surface area contributed by atoms with Crippen molar-refractivity contribution in [1.82, 2.24) is 16.0 Å². The van der Waals surface area contributed by atoms with Gasteiger partial charge >= 0.3 is 0 Å². The molecule has 1 aromatic rings. The van der Waals surface area contributed by atoms with Crippen LogP contribution in [0.2, 0.25) is 0 Å². The highest BCUT2D eigenvalue weighted by atomic mass is 127. The lowest BCUT2D eigenvalue weighted by Crippen LogP contribution is -2.49. The van der Waals surface area contributed by atoms with Crippen LogP contribution in [0.4, 0.5) is 18.9 Å². The zero-order valence-corrected chi connectivity index (χ0v) is 17.7. The van der Waals surface area contributed by atoms with Crippen molar-refractivity contribution >= 4 is 47.4 Å². The second-order valence-electron chi connectivity index (χ2n) is 6.35. The minimum Gasteiger partial charge on any atom is -0.350 e. The molecule has 0 bridgehead atoms. The smallest absolute Gasteiger partial charge is 0.243 e. The van der Waals surface area contributed by atoms with Gasteiger partial charge in [-0.1, -0.05) is 0 Å². The molecule has 0 saturated heterocycles. The van der Waals surface area contributed by atoms with Crippen LogP contribution in [0.3, 0.4) is 0 Å². The van der Waals surface area contributed by atoms with Gasteiger partial charge in [-0.05, 0) is 32.9 Å². The van der Waals surface area contributed by atoms with E-state index in [1.807, 2.05) is 20.8 Å². The van der Waals surface area contributed by atoms with Gasteiger partial charge < -0.3 is 21.3 Å². The molecule has 0 spiro atoms. The van der Waals surface area contributed by atoms with Gasteiger partial charge in [-0.3, -0.25) is 14.6 Å². The third-order valence-electron chi connectivity index (χ3n) is 2.88. The maximum absolute atomic E-state index is 13.5. The van der Waals surface area contributed by atoms with E-state index < -0.39 is 29.0 Å². The first-order valence-corrected chi connectivity index (χ1v) is 7.72. The number of rotatable bonds is 5. The molecule has 0 aromatic heterocycles. The second-order valence-corrected chi connectivity index (χ2v) is 6.35. The summed E-state index contributed by atoms with van der Waals surface area (Å²) in [6.07, 6.45) is 0. The predicted octanol–water partition coefficient (Wildman–Crippen LogP) is 1.74. The predicted molar refractivity (Wildman–Crippen MR) is 108 cm³/mol. The van der Waals surface area contributed by atoms with Gasteiger partial charge in [0, 0.05) is 12.6 Å². The molecule has 0 saturated carbocycles. The number of aliphatic imine (C=N–C) groups is 1. The number of halogens is 4. The average molecular weight is 501 g/mol. The molecule has 0 fully saturated rings. The van der Waals surface area contributed by atoms with Gasteiger partial charge in [-0.2, -0.15) is 0 Å². The van der Waals surface area contributed by atoms with Crippen molar-refractivity contribution in [3.05, 3.63) is 29.6 Å². The molecular weight excluding hydrogens is 478 g/mol. The molecule has 0 aliphatic heterocycles. The maximum atomic E-state index is 13.5. The number of nitrogens with one attached hydrogen (secondary N) is 4. The van der Waals surface area contributed by atoms with Crippen LogP contribution >= 0.6 is 24.0 Å². The number of anilines is 1. The van der Waals surface area contributed by atoms with Crippen molar-refractivity contribution in [2.75, 3.05) is 25.5 Å². The Morgan fingerprint density at radius 1 is 1.00 bits per heavy atom. The number of guanidine groups is 1. The Labute approximate surface area is 172 Å². The van der Waals surface area contributed by atoms with Gasteiger partial charge in [-0.15, -0.1) is 24.0 Å². The van der Waals surface area contributed by atoms with Crippen LogP contribution in [0.5, 0.6) is 0 Å². The molecule has 2 amide bonds. The standard InChI is InChI=1S/C16H22F3N5O2.HI/c1-16(2,3)24-12(26)8-22-15(20-4)21-7-11(25)23-10-6-5-9(17)13(18)14(10)19;/h5-6H,7-8H2,1-4H3,(H,23,25)(H,24,26)(H2,20,21,22);1H. The van der Waals surface area contributed by atoms with E-state index in [2.05, 4.69) is 26.3 Å². The monoisotopic (exact) mass is 501 g/mol. The van der Waals surface area contributed by atoms with Crippen LogP contribution in [0.1, 0.15) is 20.8 Å². The fraction of sp³-hybridized carbons (Fsp3) is 0.438. The van der Waals surface area contributed by atoms with Crippen molar-refractivity contribution < 1.29 is 22.8 Å². The number of nitrogens with zero attached hydrogens (tertiary/aromatic N) is 1. The van der Waals surface area contributed by atoms with E-state index in [1.54, 1.807) is 0 Å². The van der Waals surface area contributed by atoms with Crippen LogP contribution in [0.25, 0.3) is 0 Å². The van der Waals surface area contributed by atoms with Crippen molar-refractivity contribution in [3.8, 4) is 0 Å². The Hall–Kier alpha value is -2.05. The summed E-state index contributed by atoms with van der Waals surface area (Å²) in [6, 6.07) is 1.62. The summed E-state index contributed by atoms with van der Waals surface area (Å²) in [6.45, 7) is 5.09. The van der Waals surface area contributed by atoms with Crippen LogP contribution < -0.4 is 21.3 Å². The summed E-state index contributed by atoms with van der Waals surface area (Å²) in [5.74, 6) is -5.32. The first-order chi connectivity index (χ1) is 12.0. The molecule has 11 heteroatoms. The molecule has 0 heterocycles. The summed E-state index contributed by atoms with van der Waals surface area (Å²) in [5, 5.41) is 10.2. The molecule has 0 radical (unpaired) electrons. The first-order valence-electron chi connectivity index (χ1n) is 7.72. The van der Waals surface area contributed by atoms with E-state index in [-0.39, 0.29) is 54.5 Å². The molecule has 4 N–H and O–H groups in total. The first kappa shape index (κ1) is 24.9. The lowest BCUT2D eigenvalue weighted by molar-refractivity contribution is -0.121. The van der Waals surface area contributed by atoms with Crippen LogP contribution in [0.15, 0.2) is 17.1 Å². The van der Waals surface area contributed by atoms with Crippen molar-refractivity contribution in [2.45, 2.75) is 26.3 Å². The molecule has 0 aliphatic rings. The zero-order valence-electron chi connectivity index (χ0n) is 15.4. The van der Waals surface area contributed by atoms with Gasteiger partial charge in [0.05, 0.1) is 18.8 Å². The lowest BCUT2D eigenvalue weighted by atomic mass is 10.1. The summed E-state index contributed by atoms with van der Waals surface area (Å²) in [7, 11) is 1.43. The van der Waals surface area contributed by atoms with E-state index in [0.717, 1.165) is 6.07 Å². The third kappa shape index (κ3) is 8.93. The van der Waals surface area contributed by atoms with Crippen LogP contribution in [0, 0.1) is 17.5 Å². The summed E-state index contributed by atoms with van der Waals surface area (Å²) >= 11 is 0. The number of amides is 2. The minimum atomic E-state index is -1.67. The van der Waals surface area contributed by atoms with Crippen molar-refractivity contribution in [3.63, 3.8) is 0 Å². The Kier molecular flexibility index (Phi) is 10.1. The SMILES string of the molecule is CN=C(NCC(=O)Nc1ccc(F)c(F)c1F)NCC(=O)NC(C)(C)C.I. The fourth-order valence-corrected chi connectivity index (χ4v) is 1.83. The quantitative estimate of drug-likeness (QED) is 0.214. The van der Waals surface area contributed by atoms with Gasteiger partial charge in [0.2, 0.25) is 11.8 Å². The normalized spacial score (nSPS) is 11.3. The molecule has 1 aromatic carbocycles. The zero-order chi connectivity index (χ0) is 19.9. The molecule has 7 nitrogen and oxygen atoms in total. The van der Waals surface area contributed by atoms with Crippen LogP contribution in [-0.4, -0.2) is 43.5 Å². The number of carbonyl (C=O) groups excluding carboxylic acids is 2. The molecule has 0 atom stereocenters. The van der Waals surface area contributed by atoms with E-state index in [9.17, 15) is 22.8 Å². The van der Waals surface area contributed by atoms with E-state index in [0.29, 0.717) is 6.07 Å². The Bertz CT molecular complexity index is 708. The highest BCUT2D eigenvalue weighted by Crippen LogP contribution is 2.19. The topological polar surface area (TPSA) is 94.6 Å². The highest BCUT2D eigenvalue weighted by Gasteiger charge is 2.16. The number of benzene rings is 1. The average Bonchev–Trinajstić information content (AvgIpc) is 2.54.